The second-order valence-electron chi connectivity index (χ2n) is 5.18. The van der Waals surface area contributed by atoms with Crippen molar-refractivity contribution in [1.82, 2.24) is 15.0 Å². The molecule has 0 atom stereocenters. The van der Waals surface area contributed by atoms with Gasteiger partial charge in [0.2, 0.25) is 0 Å². The summed E-state index contributed by atoms with van der Waals surface area (Å²) in [5, 5.41) is 10.2. The van der Waals surface area contributed by atoms with Gasteiger partial charge in [0.15, 0.2) is 5.65 Å². The molecule has 0 amide bonds. The Labute approximate surface area is 106 Å². The van der Waals surface area contributed by atoms with Gasteiger partial charge in [0, 0.05) is 12.4 Å². The van der Waals surface area contributed by atoms with Gasteiger partial charge in [-0.25, -0.2) is 9.97 Å². The first-order valence-electron chi connectivity index (χ1n) is 6.13. The first kappa shape index (κ1) is 11.3. The van der Waals surface area contributed by atoms with E-state index < -0.39 is 5.60 Å². The van der Waals surface area contributed by atoms with E-state index in [2.05, 4.69) is 19.9 Å². The monoisotopic (exact) mass is 244 g/mol. The van der Waals surface area contributed by atoms with Crippen LogP contribution in [0.4, 0.5) is 5.82 Å². The van der Waals surface area contributed by atoms with Crippen LogP contribution in [0, 0.1) is 5.92 Å². The lowest BCUT2D eigenvalue weighted by molar-refractivity contribution is -0.0304. The molecule has 3 heterocycles. The molecular formula is C13H16N4O. The van der Waals surface area contributed by atoms with Gasteiger partial charge in [-0.2, -0.15) is 0 Å². The molecule has 2 aromatic rings. The summed E-state index contributed by atoms with van der Waals surface area (Å²) in [6.07, 6.45) is 3.30. The summed E-state index contributed by atoms with van der Waals surface area (Å²) >= 11 is 0. The van der Waals surface area contributed by atoms with E-state index in [4.69, 9.17) is 0 Å². The first-order valence-corrected chi connectivity index (χ1v) is 6.13. The van der Waals surface area contributed by atoms with Crippen molar-refractivity contribution in [3.05, 3.63) is 24.5 Å². The van der Waals surface area contributed by atoms with Crippen LogP contribution < -0.4 is 4.90 Å². The Hall–Kier alpha value is -1.75. The number of nitrogens with zero attached hydrogens (tertiary/aromatic N) is 4. The predicted molar refractivity (Wildman–Crippen MR) is 69.3 cm³/mol. The minimum Gasteiger partial charge on any atom is -0.386 e. The number of aliphatic hydroxyl groups is 1. The van der Waals surface area contributed by atoms with E-state index in [0.29, 0.717) is 18.7 Å². The molecule has 1 aliphatic rings. The largest absolute Gasteiger partial charge is 0.386 e. The molecule has 3 rings (SSSR count). The average molecular weight is 244 g/mol. The van der Waals surface area contributed by atoms with Gasteiger partial charge in [0.1, 0.15) is 16.9 Å². The van der Waals surface area contributed by atoms with Crippen molar-refractivity contribution in [3.63, 3.8) is 0 Å². The molecule has 0 aliphatic carbocycles. The lowest BCUT2D eigenvalue weighted by atomic mass is 9.83. The smallest absolute Gasteiger partial charge is 0.180 e. The van der Waals surface area contributed by atoms with E-state index in [1.165, 1.54) is 0 Å². The highest BCUT2D eigenvalue weighted by atomic mass is 16.3. The SMILES string of the molecule is CC(C)C1(O)CN(c2ccc3nccnc3n2)C1. The van der Waals surface area contributed by atoms with Crippen molar-refractivity contribution in [3.8, 4) is 0 Å². The predicted octanol–water partition coefficient (Wildman–Crippen LogP) is 1.23. The van der Waals surface area contributed by atoms with Crippen molar-refractivity contribution in [2.45, 2.75) is 19.4 Å². The maximum Gasteiger partial charge on any atom is 0.180 e. The fourth-order valence-electron chi connectivity index (χ4n) is 2.16. The molecule has 0 unspecified atom stereocenters. The molecule has 0 saturated carbocycles. The van der Waals surface area contributed by atoms with Gasteiger partial charge in [0.25, 0.3) is 0 Å². The molecular weight excluding hydrogens is 228 g/mol. The summed E-state index contributed by atoms with van der Waals surface area (Å²) in [5.74, 6) is 1.11. The van der Waals surface area contributed by atoms with Crippen LogP contribution in [-0.2, 0) is 0 Å². The Morgan fingerprint density at radius 1 is 1.22 bits per heavy atom. The van der Waals surface area contributed by atoms with E-state index in [0.717, 1.165) is 11.3 Å². The van der Waals surface area contributed by atoms with Gasteiger partial charge in [-0.05, 0) is 18.1 Å². The Kier molecular flexibility index (Phi) is 2.45. The summed E-state index contributed by atoms with van der Waals surface area (Å²) in [5.41, 5.74) is 0.856. The molecule has 94 valence electrons. The average Bonchev–Trinajstić information content (AvgIpc) is 2.34. The van der Waals surface area contributed by atoms with Crippen LogP contribution in [0.3, 0.4) is 0 Å². The normalized spacial score (nSPS) is 18.1. The maximum absolute atomic E-state index is 10.2. The number of pyridine rings is 1. The Morgan fingerprint density at radius 2 is 1.94 bits per heavy atom. The maximum atomic E-state index is 10.2. The highest BCUT2D eigenvalue weighted by Gasteiger charge is 2.44. The number of hydrogen-bond donors (Lipinski definition) is 1. The topological polar surface area (TPSA) is 62.1 Å². The fourth-order valence-corrected chi connectivity index (χ4v) is 2.16. The van der Waals surface area contributed by atoms with Crippen LogP contribution in [0.25, 0.3) is 11.2 Å². The van der Waals surface area contributed by atoms with Crippen LogP contribution in [0.15, 0.2) is 24.5 Å². The van der Waals surface area contributed by atoms with Crippen LogP contribution in [0.1, 0.15) is 13.8 Å². The van der Waals surface area contributed by atoms with Crippen molar-refractivity contribution in [2.75, 3.05) is 18.0 Å². The summed E-state index contributed by atoms with van der Waals surface area (Å²) in [4.78, 5) is 14.9. The highest BCUT2D eigenvalue weighted by molar-refractivity contribution is 5.72. The number of rotatable bonds is 2. The quantitative estimate of drug-likeness (QED) is 0.861. The Bertz CT molecular complexity index is 578. The summed E-state index contributed by atoms with van der Waals surface area (Å²) < 4.78 is 0. The molecule has 5 heteroatoms. The Morgan fingerprint density at radius 3 is 2.67 bits per heavy atom. The number of hydrogen-bond acceptors (Lipinski definition) is 5. The molecule has 5 nitrogen and oxygen atoms in total. The molecule has 1 fully saturated rings. The van der Waals surface area contributed by atoms with Crippen LogP contribution in [-0.4, -0.2) is 38.7 Å². The summed E-state index contributed by atoms with van der Waals surface area (Å²) in [6, 6.07) is 3.84. The number of β-amino-alcohol motifs (C(OH)–C–C–N with tert-alkyl or cyclic N) is 1. The molecule has 0 bridgehead atoms. The second kappa shape index (κ2) is 3.88. The van der Waals surface area contributed by atoms with Crippen molar-refractivity contribution >= 4 is 17.0 Å². The van der Waals surface area contributed by atoms with Gasteiger partial charge < -0.3 is 10.0 Å². The number of fused-ring (bicyclic) bond motifs is 1. The Balaban J connectivity index is 1.85. The minimum atomic E-state index is -0.584. The van der Waals surface area contributed by atoms with Crippen molar-refractivity contribution in [1.29, 1.82) is 0 Å². The standard InChI is InChI=1S/C13H16N4O/c1-9(2)13(18)7-17(8-13)11-4-3-10-12(16-11)15-6-5-14-10/h3-6,9,18H,7-8H2,1-2H3. The van der Waals surface area contributed by atoms with Crippen LogP contribution >= 0.6 is 0 Å². The van der Waals surface area contributed by atoms with E-state index >= 15 is 0 Å². The minimum absolute atomic E-state index is 0.258. The fraction of sp³-hybridized carbons (Fsp3) is 0.462. The molecule has 0 radical (unpaired) electrons. The van der Waals surface area contributed by atoms with Gasteiger partial charge in [-0.15, -0.1) is 0 Å². The van der Waals surface area contributed by atoms with Gasteiger partial charge >= 0.3 is 0 Å². The zero-order valence-corrected chi connectivity index (χ0v) is 10.5. The van der Waals surface area contributed by atoms with Gasteiger partial charge in [0.05, 0.1) is 13.1 Å². The zero-order valence-electron chi connectivity index (χ0n) is 10.5. The van der Waals surface area contributed by atoms with Gasteiger partial charge in [-0.3, -0.25) is 4.98 Å². The summed E-state index contributed by atoms with van der Waals surface area (Å²) in [7, 11) is 0. The van der Waals surface area contributed by atoms with Crippen molar-refractivity contribution < 1.29 is 5.11 Å². The van der Waals surface area contributed by atoms with E-state index in [1.807, 2.05) is 26.0 Å². The van der Waals surface area contributed by atoms with Crippen molar-refractivity contribution in [2.24, 2.45) is 5.92 Å². The molecule has 1 aliphatic heterocycles. The molecule has 1 saturated heterocycles. The third-order valence-electron chi connectivity index (χ3n) is 3.64. The molecule has 18 heavy (non-hydrogen) atoms. The number of anilines is 1. The van der Waals surface area contributed by atoms with Crippen LogP contribution in [0.2, 0.25) is 0 Å². The molecule has 1 N–H and O–H groups in total. The van der Waals surface area contributed by atoms with Crippen LogP contribution in [0.5, 0.6) is 0 Å². The molecule has 0 spiro atoms. The first-order chi connectivity index (χ1) is 8.58. The number of aromatic nitrogens is 3. The zero-order chi connectivity index (χ0) is 12.8. The van der Waals surface area contributed by atoms with E-state index in [1.54, 1.807) is 12.4 Å². The summed E-state index contributed by atoms with van der Waals surface area (Å²) in [6.45, 7) is 5.33. The molecule has 0 aromatic carbocycles. The van der Waals surface area contributed by atoms with Gasteiger partial charge in [-0.1, -0.05) is 13.8 Å². The third-order valence-corrected chi connectivity index (χ3v) is 3.64. The lowest BCUT2D eigenvalue weighted by Gasteiger charge is -2.49. The van der Waals surface area contributed by atoms with E-state index in [9.17, 15) is 5.11 Å². The second-order valence-corrected chi connectivity index (χ2v) is 5.18. The molecule has 2 aromatic heterocycles. The third kappa shape index (κ3) is 1.71. The highest BCUT2D eigenvalue weighted by Crippen LogP contribution is 2.32. The lowest BCUT2D eigenvalue weighted by Crippen LogP contribution is -2.65. The van der Waals surface area contributed by atoms with E-state index in [-0.39, 0.29) is 5.92 Å².